The predicted molar refractivity (Wildman–Crippen MR) is 208 cm³/mol. The number of nitrogens with two attached hydrogens (primary N) is 1. The Balaban J connectivity index is 1.33. The van der Waals surface area contributed by atoms with Crippen molar-refractivity contribution in [2.75, 3.05) is 5.73 Å². The van der Waals surface area contributed by atoms with E-state index in [4.69, 9.17) is 20.7 Å². The topological polar surface area (TPSA) is 98.3 Å². The largest absolute Gasteiger partial charge is 0.397 e. The van der Waals surface area contributed by atoms with Gasteiger partial charge in [-0.05, 0) is 54.8 Å². The third-order valence-corrected chi connectivity index (χ3v) is 8.85. The van der Waals surface area contributed by atoms with Gasteiger partial charge in [0.25, 0.3) is 0 Å². The van der Waals surface area contributed by atoms with E-state index in [2.05, 4.69) is 18.7 Å². The molecule has 246 valence electrons. The minimum Gasteiger partial charge on any atom is -0.397 e. The number of nitrogens with zero attached hydrogens (tertiary/aromatic N) is 3. The first-order valence-electron chi connectivity index (χ1n) is 16.6. The molecule has 7 rings (SSSR count). The molecule has 1 heterocycles. The number of hydrogen-bond donors (Lipinski definition) is 1. The molecule has 0 fully saturated rings. The first-order valence-corrected chi connectivity index (χ1v) is 16.6. The normalized spacial score (nSPS) is 11.4. The van der Waals surface area contributed by atoms with Crippen molar-refractivity contribution in [2.24, 2.45) is 4.99 Å². The lowest BCUT2D eigenvalue weighted by Crippen LogP contribution is -2.05. The van der Waals surface area contributed by atoms with Gasteiger partial charge in [0.15, 0.2) is 11.6 Å². The fourth-order valence-electron chi connectivity index (χ4n) is 5.98. The van der Waals surface area contributed by atoms with Gasteiger partial charge in [-0.1, -0.05) is 128 Å². The summed E-state index contributed by atoms with van der Waals surface area (Å²) in [6.07, 6.45) is 0. The highest BCUT2D eigenvalue weighted by molar-refractivity contribution is 6.32. The van der Waals surface area contributed by atoms with Crippen LogP contribution in [0.25, 0.3) is 50.2 Å². The molecule has 0 aliphatic rings. The standard InChI is InChI=1S/C45H34N4O2/c1-28(31-14-16-32(17-15-31)29(2)50)43(36-20-18-33(19-21-36)30(3)51)48-41-26-37(22-24-39(41)46)38-23-25-40-42(27-38)49-45(35-12-8-5-9-13-35)44(47-40)34-10-6-4-7-11-34/h4-27H,1,46H2,2-3H3/b48-43+. The molecular weight excluding hydrogens is 629 g/mol. The Hall–Kier alpha value is -6.79. The number of aromatic nitrogens is 2. The van der Waals surface area contributed by atoms with E-state index in [-0.39, 0.29) is 11.6 Å². The zero-order valence-electron chi connectivity index (χ0n) is 28.3. The van der Waals surface area contributed by atoms with Crippen molar-refractivity contribution in [3.63, 3.8) is 0 Å². The van der Waals surface area contributed by atoms with Gasteiger partial charge >= 0.3 is 0 Å². The molecule has 0 saturated carbocycles. The van der Waals surface area contributed by atoms with Crippen molar-refractivity contribution in [1.82, 2.24) is 9.97 Å². The second kappa shape index (κ2) is 14.0. The quantitative estimate of drug-likeness (QED) is 0.0942. The number of aliphatic imine (C=N–C) groups is 1. The summed E-state index contributed by atoms with van der Waals surface area (Å²) in [6, 6.07) is 46.6. The number of anilines is 1. The zero-order chi connectivity index (χ0) is 35.5. The minimum absolute atomic E-state index is 0.0157. The highest BCUT2D eigenvalue weighted by atomic mass is 16.1. The molecule has 6 heteroatoms. The van der Waals surface area contributed by atoms with Gasteiger partial charge in [0.1, 0.15) is 0 Å². The van der Waals surface area contributed by atoms with E-state index in [1.165, 1.54) is 13.8 Å². The maximum Gasteiger partial charge on any atom is 0.159 e. The molecule has 0 aliphatic carbocycles. The van der Waals surface area contributed by atoms with E-state index < -0.39 is 0 Å². The van der Waals surface area contributed by atoms with Crippen LogP contribution < -0.4 is 5.73 Å². The monoisotopic (exact) mass is 662 g/mol. The van der Waals surface area contributed by atoms with Crippen LogP contribution in [0.15, 0.2) is 157 Å². The minimum atomic E-state index is -0.0251. The number of ketones is 2. The Kier molecular flexibility index (Phi) is 8.97. The maximum absolute atomic E-state index is 12.0. The summed E-state index contributed by atoms with van der Waals surface area (Å²) in [4.78, 5) is 39.3. The van der Waals surface area contributed by atoms with Gasteiger partial charge < -0.3 is 5.73 Å². The summed E-state index contributed by atoms with van der Waals surface area (Å²) >= 11 is 0. The number of carbonyl (C=O) groups excluding carboxylic acids is 2. The van der Waals surface area contributed by atoms with E-state index in [9.17, 15) is 9.59 Å². The Bertz CT molecular complexity index is 2470. The van der Waals surface area contributed by atoms with Crippen LogP contribution in [0, 0.1) is 0 Å². The summed E-state index contributed by atoms with van der Waals surface area (Å²) in [5.74, 6) is -0.0408. The number of benzene rings is 6. The van der Waals surface area contributed by atoms with Gasteiger partial charge in [-0.2, -0.15) is 0 Å². The highest BCUT2D eigenvalue weighted by Gasteiger charge is 2.16. The zero-order valence-corrected chi connectivity index (χ0v) is 28.3. The first-order chi connectivity index (χ1) is 24.7. The van der Waals surface area contributed by atoms with Crippen LogP contribution in [0.3, 0.4) is 0 Å². The Labute approximate surface area is 296 Å². The van der Waals surface area contributed by atoms with E-state index in [1.807, 2.05) is 109 Å². The summed E-state index contributed by atoms with van der Waals surface area (Å²) in [7, 11) is 0. The second-order valence-corrected chi connectivity index (χ2v) is 12.3. The molecule has 1 aromatic heterocycles. The van der Waals surface area contributed by atoms with E-state index in [0.29, 0.717) is 33.8 Å². The molecule has 0 bridgehead atoms. The number of rotatable bonds is 9. The van der Waals surface area contributed by atoms with Gasteiger partial charge in [0, 0.05) is 33.4 Å². The van der Waals surface area contributed by atoms with Gasteiger partial charge in [-0.15, -0.1) is 0 Å². The lowest BCUT2D eigenvalue weighted by atomic mass is 9.95. The fourth-order valence-corrected chi connectivity index (χ4v) is 5.98. The SMILES string of the molecule is C=C(/C(=N\c1cc(-c2ccc3nc(-c4ccccc4)c(-c4ccccc4)nc3c2)ccc1N)c1ccc(C(C)=O)cc1)c1ccc(C(C)=O)cc1. The van der Waals surface area contributed by atoms with E-state index in [1.54, 1.807) is 24.3 Å². The smallest absolute Gasteiger partial charge is 0.159 e. The molecule has 0 spiro atoms. The molecule has 6 aromatic carbocycles. The fraction of sp³-hybridized carbons (Fsp3) is 0.0444. The lowest BCUT2D eigenvalue weighted by Gasteiger charge is -2.14. The Morgan fingerprint density at radius 3 is 1.55 bits per heavy atom. The molecule has 7 aromatic rings. The van der Waals surface area contributed by atoms with Crippen molar-refractivity contribution < 1.29 is 9.59 Å². The summed E-state index contributed by atoms with van der Waals surface area (Å²) in [6.45, 7) is 7.47. The van der Waals surface area contributed by atoms with Crippen LogP contribution in [0.2, 0.25) is 0 Å². The number of allylic oxidation sites excluding steroid dienone is 1. The van der Waals surface area contributed by atoms with Gasteiger partial charge in [0.2, 0.25) is 0 Å². The predicted octanol–water partition coefficient (Wildman–Crippen LogP) is 10.5. The van der Waals surface area contributed by atoms with Gasteiger partial charge in [-0.3, -0.25) is 9.59 Å². The lowest BCUT2D eigenvalue weighted by molar-refractivity contribution is 0.100. The molecule has 0 saturated heterocycles. The van der Waals surface area contributed by atoms with Gasteiger partial charge in [-0.25, -0.2) is 15.0 Å². The van der Waals surface area contributed by atoms with Gasteiger partial charge in [0.05, 0.1) is 39.5 Å². The van der Waals surface area contributed by atoms with Crippen molar-refractivity contribution in [3.05, 3.63) is 174 Å². The van der Waals surface area contributed by atoms with Crippen LogP contribution >= 0.6 is 0 Å². The second-order valence-electron chi connectivity index (χ2n) is 12.3. The van der Waals surface area contributed by atoms with E-state index in [0.717, 1.165) is 55.8 Å². The van der Waals surface area contributed by atoms with Crippen LogP contribution in [0.4, 0.5) is 11.4 Å². The number of hydrogen-bond acceptors (Lipinski definition) is 6. The molecule has 51 heavy (non-hydrogen) atoms. The highest BCUT2D eigenvalue weighted by Crippen LogP contribution is 2.35. The third-order valence-electron chi connectivity index (χ3n) is 8.85. The average molecular weight is 663 g/mol. The molecule has 0 radical (unpaired) electrons. The van der Waals surface area contributed by atoms with E-state index >= 15 is 0 Å². The molecule has 0 amide bonds. The number of nitrogen functional groups attached to an aromatic ring is 1. The van der Waals surface area contributed by atoms with Crippen molar-refractivity contribution >= 4 is 45.3 Å². The molecule has 0 unspecified atom stereocenters. The molecule has 0 aliphatic heterocycles. The molecule has 2 N–H and O–H groups in total. The number of Topliss-reactive ketones (excluding diaryl/α,β-unsaturated/α-hetero) is 2. The number of carbonyl (C=O) groups is 2. The number of fused-ring (bicyclic) bond motifs is 1. The van der Waals surface area contributed by atoms with Crippen molar-refractivity contribution in [3.8, 4) is 33.6 Å². The molecular formula is C45H34N4O2. The average Bonchev–Trinajstić information content (AvgIpc) is 3.17. The van der Waals surface area contributed by atoms with Crippen LogP contribution in [-0.4, -0.2) is 27.2 Å². The first kappa shape index (κ1) is 32.7. The molecule has 6 nitrogen and oxygen atoms in total. The van der Waals surface area contributed by atoms with Crippen LogP contribution in [-0.2, 0) is 0 Å². The Morgan fingerprint density at radius 2 is 1.00 bits per heavy atom. The summed E-state index contributed by atoms with van der Waals surface area (Å²) in [5.41, 5.74) is 18.7. The third kappa shape index (κ3) is 6.89. The van der Waals surface area contributed by atoms with Crippen LogP contribution in [0.1, 0.15) is 45.7 Å². The van der Waals surface area contributed by atoms with Crippen molar-refractivity contribution in [2.45, 2.75) is 13.8 Å². The molecule has 0 atom stereocenters. The van der Waals surface area contributed by atoms with Crippen LogP contribution in [0.5, 0.6) is 0 Å². The summed E-state index contributed by atoms with van der Waals surface area (Å²) < 4.78 is 0. The van der Waals surface area contributed by atoms with Crippen molar-refractivity contribution in [1.29, 1.82) is 0 Å². The Morgan fingerprint density at radius 1 is 0.529 bits per heavy atom. The summed E-state index contributed by atoms with van der Waals surface area (Å²) in [5, 5.41) is 0. The maximum atomic E-state index is 12.0.